The second-order valence-electron chi connectivity index (χ2n) is 6.18. The fourth-order valence-electron chi connectivity index (χ4n) is 2.38. The minimum absolute atomic E-state index is 0.241. The van der Waals surface area contributed by atoms with Crippen LogP contribution in [0.5, 0.6) is 0 Å². The van der Waals surface area contributed by atoms with Crippen molar-refractivity contribution in [2.45, 2.75) is 25.9 Å². The van der Waals surface area contributed by atoms with Gasteiger partial charge in [-0.3, -0.25) is 4.68 Å². The molecular formula is C18H26ClN5O. The predicted octanol–water partition coefficient (Wildman–Crippen LogP) is 2.08. The van der Waals surface area contributed by atoms with E-state index in [1.807, 2.05) is 38.2 Å². The van der Waals surface area contributed by atoms with E-state index in [0.29, 0.717) is 5.96 Å². The summed E-state index contributed by atoms with van der Waals surface area (Å²) in [5, 5.41) is 21.9. The van der Waals surface area contributed by atoms with Crippen LogP contribution in [0.4, 0.5) is 0 Å². The summed E-state index contributed by atoms with van der Waals surface area (Å²) in [5.41, 5.74) is 0.843. The Kier molecular flexibility index (Phi) is 6.84. The highest BCUT2D eigenvalue weighted by Gasteiger charge is 2.24. The van der Waals surface area contributed by atoms with Crippen molar-refractivity contribution in [2.75, 3.05) is 19.6 Å². The van der Waals surface area contributed by atoms with E-state index in [-0.39, 0.29) is 6.54 Å². The van der Waals surface area contributed by atoms with E-state index in [1.54, 1.807) is 24.0 Å². The van der Waals surface area contributed by atoms with E-state index in [2.05, 4.69) is 20.7 Å². The second-order valence-corrected chi connectivity index (χ2v) is 6.61. The van der Waals surface area contributed by atoms with Gasteiger partial charge in [-0.15, -0.1) is 0 Å². The Hall–Kier alpha value is -2.05. The molecule has 6 nitrogen and oxygen atoms in total. The summed E-state index contributed by atoms with van der Waals surface area (Å²) in [4.78, 5) is 4.50. The predicted molar refractivity (Wildman–Crippen MR) is 102 cm³/mol. The van der Waals surface area contributed by atoms with Gasteiger partial charge in [0.15, 0.2) is 5.96 Å². The summed E-state index contributed by atoms with van der Waals surface area (Å²) in [7, 11) is 1.82. The van der Waals surface area contributed by atoms with Gasteiger partial charge in [0.2, 0.25) is 0 Å². The molecule has 136 valence electrons. The van der Waals surface area contributed by atoms with E-state index >= 15 is 0 Å². The fraction of sp³-hybridized carbons (Fsp3) is 0.444. The van der Waals surface area contributed by atoms with E-state index < -0.39 is 5.60 Å². The molecule has 0 bridgehead atoms. The first kappa shape index (κ1) is 19.3. The molecule has 0 spiro atoms. The second kappa shape index (κ2) is 8.87. The molecule has 2 aromatic rings. The van der Waals surface area contributed by atoms with Crippen LogP contribution in [0.25, 0.3) is 0 Å². The van der Waals surface area contributed by atoms with Gasteiger partial charge in [-0.25, -0.2) is 4.99 Å². The molecule has 0 radical (unpaired) electrons. The van der Waals surface area contributed by atoms with Gasteiger partial charge in [0, 0.05) is 36.9 Å². The number of halogens is 1. The maximum Gasteiger partial charge on any atom is 0.191 e. The molecule has 0 aliphatic rings. The summed E-state index contributed by atoms with van der Waals surface area (Å²) in [6.07, 6.45) is 4.30. The topological polar surface area (TPSA) is 74.5 Å². The molecule has 1 unspecified atom stereocenters. The number of benzene rings is 1. The third kappa shape index (κ3) is 6.07. The van der Waals surface area contributed by atoms with Crippen molar-refractivity contribution in [1.82, 2.24) is 20.4 Å². The number of guanidine groups is 1. The van der Waals surface area contributed by atoms with E-state index in [0.717, 1.165) is 30.1 Å². The van der Waals surface area contributed by atoms with Crippen molar-refractivity contribution in [2.24, 2.45) is 12.0 Å². The minimum Gasteiger partial charge on any atom is -0.383 e. The molecule has 1 aromatic carbocycles. The number of aryl methyl sites for hydroxylation is 1. The maximum atomic E-state index is 10.6. The number of rotatable bonds is 7. The summed E-state index contributed by atoms with van der Waals surface area (Å²) in [6, 6.07) is 7.82. The molecule has 0 fully saturated rings. The molecule has 0 aliphatic heterocycles. The molecule has 1 heterocycles. The highest BCUT2D eigenvalue weighted by Crippen LogP contribution is 2.19. The van der Waals surface area contributed by atoms with Crippen molar-refractivity contribution >= 4 is 17.6 Å². The number of aliphatic hydroxyl groups is 1. The average Bonchev–Trinajstić information content (AvgIpc) is 3.00. The number of aliphatic imine (C=N–C) groups is 1. The number of aromatic nitrogens is 2. The molecule has 0 aliphatic carbocycles. The molecule has 25 heavy (non-hydrogen) atoms. The van der Waals surface area contributed by atoms with Crippen LogP contribution in [0.15, 0.2) is 41.7 Å². The van der Waals surface area contributed by atoms with Gasteiger partial charge >= 0.3 is 0 Å². The third-order valence-corrected chi connectivity index (χ3v) is 4.05. The Bertz CT molecular complexity index is 711. The first-order valence-corrected chi connectivity index (χ1v) is 8.76. The highest BCUT2D eigenvalue weighted by atomic mass is 35.5. The van der Waals surface area contributed by atoms with Crippen LogP contribution >= 0.6 is 11.6 Å². The van der Waals surface area contributed by atoms with E-state index in [9.17, 15) is 5.11 Å². The normalized spacial score (nSPS) is 14.2. The largest absolute Gasteiger partial charge is 0.383 e. The molecule has 2 rings (SSSR count). The lowest BCUT2D eigenvalue weighted by Gasteiger charge is -2.20. The Labute approximate surface area is 153 Å². The van der Waals surface area contributed by atoms with Crippen LogP contribution in [0.3, 0.4) is 0 Å². The van der Waals surface area contributed by atoms with Crippen molar-refractivity contribution in [1.29, 1.82) is 0 Å². The van der Waals surface area contributed by atoms with Gasteiger partial charge in [-0.2, -0.15) is 5.10 Å². The summed E-state index contributed by atoms with van der Waals surface area (Å²) < 4.78 is 1.67. The van der Waals surface area contributed by atoms with Crippen LogP contribution in [0, 0.1) is 0 Å². The van der Waals surface area contributed by atoms with Gasteiger partial charge in [0.05, 0.1) is 12.7 Å². The summed E-state index contributed by atoms with van der Waals surface area (Å²) >= 11 is 6.00. The van der Waals surface area contributed by atoms with Gasteiger partial charge < -0.3 is 15.7 Å². The quantitative estimate of drug-likeness (QED) is 0.520. The molecular weight excluding hydrogens is 338 g/mol. The molecule has 3 N–H and O–H groups in total. The van der Waals surface area contributed by atoms with Gasteiger partial charge in [0.25, 0.3) is 0 Å². The summed E-state index contributed by atoms with van der Waals surface area (Å²) in [5.74, 6) is 0.675. The number of nitrogens with zero attached hydrogens (tertiary/aromatic N) is 3. The fourth-order valence-corrected chi connectivity index (χ4v) is 2.60. The number of nitrogens with one attached hydrogen (secondary N) is 2. The Balaban J connectivity index is 1.93. The standard InChI is InChI=1S/C18H26ClN5O/c1-4-20-17(21-9-8-14-6-5-7-16(19)10-14)22-13-18(2,25)15-11-23-24(3)12-15/h5-7,10-12,25H,4,8-9,13H2,1-3H3,(H2,20,21,22). The van der Waals surface area contributed by atoms with Crippen LogP contribution in [-0.2, 0) is 19.1 Å². The van der Waals surface area contributed by atoms with Crippen molar-refractivity contribution < 1.29 is 5.11 Å². The van der Waals surface area contributed by atoms with Crippen LogP contribution in [-0.4, -0.2) is 40.5 Å². The first-order valence-electron chi connectivity index (χ1n) is 8.39. The molecule has 0 amide bonds. The molecule has 1 atom stereocenters. The highest BCUT2D eigenvalue weighted by molar-refractivity contribution is 6.30. The van der Waals surface area contributed by atoms with Gasteiger partial charge in [0.1, 0.15) is 5.60 Å². The Morgan fingerprint density at radius 1 is 1.40 bits per heavy atom. The van der Waals surface area contributed by atoms with E-state index in [4.69, 9.17) is 11.6 Å². The lowest BCUT2D eigenvalue weighted by Crippen LogP contribution is -2.39. The monoisotopic (exact) mass is 363 g/mol. The first-order chi connectivity index (χ1) is 11.9. The lowest BCUT2D eigenvalue weighted by molar-refractivity contribution is 0.0672. The molecule has 7 heteroatoms. The molecule has 1 aromatic heterocycles. The van der Waals surface area contributed by atoms with E-state index in [1.165, 1.54) is 5.56 Å². The van der Waals surface area contributed by atoms with Crippen LogP contribution < -0.4 is 10.6 Å². The van der Waals surface area contributed by atoms with Crippen molar-refractivity contribution in [3.8, 4) is 0 Å². The van der Waals surface area contributed by atoms with Gasteiger partial charge in [-0.05, 0) is 38.0 Å². The zero-order valence-corrected chi connectivity index (χ0v) is 15.7. The average molecular weight is 364 g/mol. The zero-order chi connectivity index (χ0) is 18.3. The van der Waals surface area contributed by atoms with Crippen LogP contribution in [0.2, 0.25) is 5.02 Å². The molecule has 0 saturated heterocycles. The number of hydrogen-bond acceptors (Lipinski definition) is 3. The lowest BCUT2D eigenvalue weighted by atomic mass is 10.0. The van der Waals surface area contributed by atoms with Crippen LogP contribution in [0.1, 0.15) is 25.0 Å². The summed E-state index contributed by atoms with van der Waals surface area (Å²) in [6.45, 7) is 5.46. The minimum atomic E-state index is -1.07. The van der Waals surface area contributed by atoms with Crippen molar-refractivity contribution in [3.05, 3.63) is 52.8 Å². The van der Waals surface area contributed by atoms with Crippen molar-refractivity contribution in [3.63, 3.8) is 0 Å². The molecule has 0 saturated carbocycles. The van der Waals surface area contributed by atoms with Gasteiger partial charge in [-0.1, -0.05) is 23.7 Å². The number of hydrogen-bond donors (Lipinski definition) is 3. The smallest absolute Gasteiger partial charge is 0.191 e. The Morgan fingerprint density at radius 2 is 2.20 bits per heavy atom. The SMILES string of the molecule is CCNC(=NCC(C)(O)c1cnn(C)c1)NCCc1cccc(Cl)c1. The third-order valence-electron chi connectivity index (χ3n) is 3.81. The zero-order valence-electron chi connectivity index (χ0n) is 15.0. The maximum absolute atomic E-state index is 10.6. The Morgan fingerprint density at radius 3 is 2.84 bits per heavy atom.